The van der Waals surface area contributed by atoms with Crippen LogP contribution in [0.1, 0.15) is 15.9 Å². The van der Waals surface area contributed by atoms with Crippen LogP contribution in [-0.4, -0.2) is 58.7 Å². The normalized spacial score (nSPS) is 14.6. The Labute approximate surface area is 162 Å². The Balaban J connectivity index is 1.48. The lowest BCUT2D eigenvalue weighted by Crippen LogP contribution is -2.49. The molecule has 7 nitrogen and oxygen atoms in total. The Morgan fingerprint density at radius 3 is 2.67 bits per heavy atom. The Morgan fingerprint density at radius 2 is 1.93 bits per heavy atom. The van der Waals surface area contributed by atoms with Crippen molar-refractivity contribution in [1.82, 2.24) is 19.5 Å². The molecule has 0 bridgehead atoms. The number of aryl methyl sites for hydroxylation is 1. The van der Waals surface area contributed by atoms with Crippen molar-refractivity contribution in [3.8, 4) is 5.75 Å². The van der Waals surface area contributed by atoms with E-state index in [1.807, 2.05) is 40.6 Å². The van der Waals surface area contributed by atoms with Crippen molar-refractivity contribution in [2.24, 2.45) is 0 Å². The average molecular weight is 386 g/mol. The van der Waals surface area contributed by atoms with E-state index in [1.165, 1.54) is 0 Å². The fraction of sp³-hybridized carbons (Fsp3) is 0.316. The number of pyridine rings is 1. The third-order valence-corrected chi connectivity index (χ3v) is 5.17. The van der Waals surface area contributed by atoms with E-state index in [1.54, 1.807) is 19.2 Å². The number of anilines is 1. The second-order valence-electron chi connectivity index (χ2n) is 6.51. The van der Waals surface area contributed by atoms with Gasteiger partial charge in [0.1, 0.15) is 5.75 Å². The standard InChI is InChI=1S/C19H20ClN5O2/c1-13-5-6-14(12-16(13)27-2)18(26)23-8-10-24(11-9-23)19-22-21-17-15(20)4-3-7-25(17)19/h3-7,12H,8-11H2,1-2H3. The summed E-state index contributed by atoms with van der Waals surface area (Å²) in [7, 11) is 1.62. The van der Waals surface area contributed by atoms with Gasteiger partial charge in [0.2, 0.25) is 5.95 Å². The lowest BCUT2D eigenvalue weighted by molar-refractivity contribution is 0.0746. The first-order valence-electron chi connectivity index (χ1n) is 8.76. The maximum Gasteiger partial charge on any atom is 0.254 e. The largest absolute Gasteiger partial charge is 0.496 e. The van der Waals surface area contributed by atoms with E-state index < -0.39 is 0 Å². The number of fused-ring (bicyclic) bond motifs is 1. The van der Waals surface area contributed by atoms with E-state index in [4.69, 9.17) is 16.3 Å². The zero-order valence-corrected chi connectivity index (χ0v) is 16.0. The molecule has 1 saturated heterocycles. The van der Waals surface area contributed by atoms with E-state index in [9.17, 15) is 4.79 Å². The van der Waals surface area contributed by atoms with Crippen molar-refractivity contribution < 1.29 is 9.53 Å². The molecule has 1 fully saturated rings. The second-order valence-corrected chi connectivity index (χ2v) is 6.92. The lowest BCUT2D eigenvalue weighted by Gasteiger charge is -2.34. The molecule has 1 aliphatic heterocycles. The number of piperazine rings is 1. The Hall–Kier alpha value is -2.80. The Kier molecular flexibility index (Phi) is 4.61. The molecule has 27 heavy (non-hydrogen) atoms. The number of carbonyl (C=O) groups is 1. The number of nitrogens with zero attached hydrogens (tertiary/aromatic N) is 5. The van der Waals surface area contributed by atoms with Crippen LogP contribution in [0.25, 0.3) is 5.65 Å². The van der Waals surface area contributed by atoms with Crippen LogP contribution in [-0.2, 0) is 0 Å². The van der Waals surface area contributed by atoms with Crippen LogP contribution in [0.4, 0.5) is 5.95 Å². The number of methoxy groups -OCH3 is 1. The molecule has 0 atom stereocenters. The van der Waals surface area contributed by atoms with Gasteiger partial charge in [0.25, 0.3) is 5.91 Å². The van der Waals surface area contributed by atoms with E-state index in [0.29, 0.717) is 42.4 Å². The van der Waals surface area contributed by atoms with Gasteiger partial charge in [0.05, 0.1) is 12.1 Å². The zero-order chi connectivity index (χ0) is 19.0. The number of amides is 1. The minimum Gasteiger partial charge on any atom is -0.496 e. The Morgan fingerprint density at radius 1 is 1.15 bits per heavy atom. The summed E-state index contributed by atoms with van der Waals surface area (Å²) in [6.45, 7) is 4.56. The van der Waals surface area contributed by atoms with Gasteiger partial charge in [-0.2, -0.15) is 0 Å². The number of benzene rings is 1. The molecule has 1 amide bonds. The first-order valence-corrected chi connectivity index (χ1v) is 9.14. The number of hydrogen-bond donors (Lipinski definition) is 0. The van der Waals surface area contributed by atoms with E-state index in [2.05, 4.69) is 15.1 Å². The molecule has 1 aromatic carbocycles. The highest BCUT2D eigenvalue weighted by Crippen LogP contribution is 2.23. The summed E-state index contributed by atoms with van der Waals surface area (Å²) in [6, 6.07) is 9.22. The van der Waals surface area contributed by atoms with Crippen molar-refractivity contribution in [1.29, 1.82) is 0 Å². The number of ether oxygens (including phenoxy) is 1. The van der Waals surface area contributed by atoms with Gasteiger partial charge in [-0.15, -0.1) is 10.2 Å². The highest BCUT2D eigenvalue weighted by molar-refractivity contribution is 6.33. The highest BCUT2D eigenvalue weighted by atomic mass is 35.5. The molecule has 0 saturated carbocycles. The molecule has 0 spiro atoms. The highest BCUT2D eigenvalue weighted by Gasteiger charge is 2.25. The van der Waals surface area contributed by atoms with Crippen LogP contribution in [0.5, 0.6) is 5.75 Å². The average Bonchev–Trinajstić information content (AvgIpc) is 3.13. The minimum absolute atomic E-state index is 0.0158. The van der Waals surface area contributed by atoms with Crippen LogP contribution < -0.4 is 9.64 Å². The second kappa shape index (κ2) is 7.08. The summed E-state index contributed by atoms with van der Waals surface area (Å²) in [5, 5.41) is 9.01. The molecule has 8 heteroatoms. The molecular weight excluding hydrogens is 366 g/mol. The Bertz CT molecular complexity index is 995. The third-order valence-electron chi connectivity index (χ3n) is 4.87. The van der Waals surface area contributed by atoms with Crippen molar-refractivity contribution in [3.63, 3.8) is 0 Å². The fourth-order valence-electron chi connectivity index (χ4n) is 3.33. The van der Waals surface area contributed by atoms with Crippen molar-refractivity contribution >= 4 is 29.1 Å². The summed E-state index contributed by atoms with van der Waals surface area (Å²) >= 11 is 6.17. The molecule has 0 N–H and O–H groups in total. The quantitative estimate of drug-likeness (QED) is 0.693. The molecule has 140 valence electrons. The molecule has 4 rings (SSSR count). The van der Waals surface area contributed by atoms with E-state index >= 15 is 0 Å². The first-order chi connectivity index (χ1) is 13.1. The number of halogens is 1. The maximum absolute atomic E-state index is 12.8. The van der Waals surface area contributed by atoms with Gasteiger partial charge in [-0.3, -0.25) is 9.20 Å². The fourth-order valence-corrected chi connectivity index (χ4v) is 3.53. The monoisotopic (exact) mass is 385 g/mol. The van der Waals surface area contributed by atoms with Crippen molar-refractivity contribution in [3.05, 3.63) is 52.7 Å². The number of hydrogen-bond acceptors (Lipinski definition) is 5. The van der Waals surface area contributed by atoms with E-state index in [-0.39, 0.29) is 5.91 Å². The number of rotatable bonds is 3. The van der Waals surface area contributed by atoms with E-state index in [0.717, 1.165) is 17.3 Å². The van der Waals surface area contributed by atoms with Gasteiger partial charge in [-0.1, -0.05) is 17.7 Å². The summed E-state index contributed by atoms with van der Waals surface area (Å²) in [5.41, 5.74) is 2.29. The minimum atomic E-state index is 0.0158. The molecule has 1 aliphatic rings. The summed E-state index contributed by atoms with van der Waals surface area (Å²) in [5.74, 6) is 1.49. The van der Waals surface area contributed by atoms with Crippen LogP contribution in [0.3, 0.4) is 0 Å². The van der Waals surface area contributed by atoms with Gasteiger partial charge >= 0.3 is 0 Å². The van der Waals surface area contributed by atoms with Crippen LogP contribution in [0.15, 0.2) is 36.5 Å². The van der Waals surface area contributed by atoms with Crippen LogP contribution in [0, 0.1) is 6.92 Å². The summed E-state index contributed by atoms with van der Waals surface area (Å²) in [6.07, 6.45) is 1.90. The summed E-state index contributed by atoms with van der Waals surface area (Å²) in [4.78, 5) is 16.8. The van der Waals surface area contributed by atoms with Crippen LogP contribution in [0.2, 0.25) is 5.02 Å². The molecule has 3 aromatic rings. The van der Waals surface area contributed by atoms with Gasteiger partial charge in [0, 0.05) is 37.9 Å². The van der Waals surface area contributed by atoms with Gasteiger partial charge < -0.3 is 14.5 Å². The first kappa shape index (κ1) is 17.6. The topological polar surface area (TPSA) is 63.0 Å². The van der Waals surface area contributed by atoms with Crippen LogP contribution >= 0.6 is 11.6 Å². The van der Waals surface area contributed by atoms with Crippen molar-refractivity contribution in [2.75, 3.05) is 38.2 Å². The zero-order valence-electron chi connectivity index (χ0n) is 15.2. The maximum atomic E-state index is 12.8. The SMILES string of the molecule is COc1cc(C(=O)N2CCN(c3nnc4c(Cl)cccn34)CC2)ccc1C. The molecule has 0 radical (unpaired) electrons. The molecule has 0 aliphatic carbocycles. The lowest BCUT2D eigenvalue weighted by atomic mass is 10.1. The molecule has 0 unspecified atom stereocenters. The summed E-state index contributed by atoms with van der Waals surface area (Å²) < 4.78 is 7.21. The smallest absolute Gasteiger partial charge is 0.254 e. The molecule has 3 heterocycles. The molecule has 2 aromatic heterocycles. The van der Waals surface area contributed by atoms with Gasteiger partial charge in [-0.05, 0) is 36.8 Å². The third kappa shape index (κ3) is 3.19. The van der Waals surface area contributed by atoms with Crippen molar-refractivity contribution in [2.45, 2.75) is 6.92 Å². The molecular formula is C19H20ClN5O2. The van der Waals surface area contributed by atoms with Gasteiger partial charge in [0.15, 0.2) is 5.65 Å². The number of carbonyl (C=O) groups excluding carboxylic acids is 1. The predicted molar refractivity (Wildman–Crippen MR) is 104 cm³/mol. The number of aromatic nitrogens is 3. The predicted octanol–water partition coefficient (Wildman–Crippen LogP) is 2.66. The van der Waals surface area contributed by atoms with Gasteiger partial charge in [-0.25, -0.2) is 0 Å².